The van der Waals surface area contributed by atoms with Crippen LogP contribution >= 0.6 is 11.6 Å². The fraction of sp³-hybridized carbons (Fsp3) is 0.562. The normalized spacial score (nSPS) is 28.6. The van der Waals surface area contributed by atoms with Gasteiger partial charge in [0.05, 0.1) is 16.9 Å². The Kier molecular flexibility index (Phi) is 3.11. The van der Waals surface area contributed by atoms with Crippen LogP contribution in [0.15, 0.2) is 12.1 Å². The van der Waals surface area contributed by atoms with E-state index in [-0.39, 0.29) is 11.2 Å². The minimum Gasteiger partial charge on any atom is -0.357 e. The summed E-state index contributed by atoms with van der Waals surface area (Å²) in [6.07, 6.45) is 1.96. The summed E-state index contributed by atoms with van der Waals surface area (Å²) in [4.78, 5) is 16.1. The fourth-order valence-corrected chi connectivity index (χ4v) is 4.48. The Morgan fingerprint density at radius 3 is 2.80 bits per heavy atom. The molecule has 2 aliphatic heterocycles. The van der Waals surface area contributed by atoms with Gasteiger partial charge in [-0.3, -0.25) is 9.69 Å². The summed E-state index contributed by atoms with van der Waals surface area (Å²) in [7, 11) is 4.29. The van der Waals surface area contributed by atoms with Gasteiger partial charge in [0.2, 0.25) is 0 Å². The number of likely N-dealkylation sites (tertiary alicyclic amines) is 1. The van der Waals surface area contributed by atoms with Crippen molar-refractivity contribution in [3.05, 3.63) is 28.3 Å². The van der Waals surface area contributed by atoms with Gasteiger partial charge in [-0.25, -0.2) is 0 Å². The molecule has 1 fully saturated rings. The van der Waals surface area contributed by atoms with Gasteiger partial charge in [-0.15, -0.1) is 0 Å². The third-order valence-corrected chi connectivity index (χ3v) is 5.17. The molecule has 0 N–H and O–H groups in total. The minimum atomic E-state index is 0.106. The summed E-state index contributed by atoms with van der Waals surface area (Å²) in [6, 6.07) is 4.14. The van der Waals surface area contributed by atoms with Gasteiger partial charge in [-0.2, -0.15) is 0 Å². The first-order valence-electron chi connectivity index (χ1n) is 7.10. The van der Waals surface area contributed by atoms with Crippen LogP contribution in [-0.4, -0.2) is 37.5 Å². The van der Waals surface area contributed by atoms with Crippen molar-refractivity contribution in [1.29, 1.82) is 0 Å². The summed E-state index contributed by atoms with van der Waals surface area (Å²) in [6.45, 7) is 5.04. The molecule has 2 aliphatic rings. The van der Waals surface area contributed by atoms with Crippen LogP contribution in [0.5, 0.6) is 0 Å². The topological polar surface area (TPSA) is 23.6 Å². The number of hydrogen-bond acceptors (Lipinski definition) is 3. The van der Waals surface area contributed by atoms with Gasteiger partial charge in [-0.05, 0) is 37.6 Å². The lowest BCUT2D eigenvalue weighted by Crippen LogP contribution is -2.45. The lowest BCUT2D eigenvalue weighted by atomic mass is 9.80. The Bertz CT molecular complexity index is 586. The smallest absolute Gasteiger partial charge is 0.134 e. The van der Waals surface area contributed by atoms with E-state index in [4.69, 9.17) is 11.6 Å². The molecule has 0 spiro atoms. The molecule has 0 amide bonds. The molecule has 1 saturated heterocycles. The molecule has 1 aromatic rings. The Morgan fingerprint density at radius 1 is 1.45 bits per heavy atom. The Labute approximate surface area is 125 Å². The van der Waals surface area contributed by atoms with Crippen LogP contribution < -0.4 is 4.90 Å². The second-order valence-electron chi connectivity index (χ2n) is 6.49. The maximum Gasteiger partial charge on any atom is 0.134 e. The Hall–Kier alpha value is -1.06. The van der Waals surface area contributed by atoms with Gasteiger partial charge in [0.25, 0.3) is 0 Å². The number of rotatable bonds is 2. The van der Waals surface area contributed by atoms with Crippen LogP contribution in [0, 0.1) is 0 Å². The van der Waals surface area contributed by atoms with E-state index in [1.165, 1.54) is 5.56 Å². The molecule has 1 aromatic carbocycles. The number of ketones is 1. The zero-order chi connectivity index (χ0) is 14.7. The number of hydrogen-bond donors (Lipinski definition) is 0. The summed E-state index contributed by atoms with van der Waals surface area (Å²) >= 11 is 6.50. The third-order valence-electron chi connectivity index (χ3n) is 4.88. The van der Waals surface area contributed by atoms with E-state index in [0.29, 0.717) is 12.6 Å². The average Bonchev–Trinajstić information content (AvgIpc) is 2.74. The average molecular weight is 293 g/mol. The molecule has 108 valence electrons. The maximum atomic E-state index is 11.4. The van der Waals surface area contributed by atoms with Crippen molar-refractivity contribution in [3.8, 4) is 0 Å². The monoisotopic (exact) mass is 292 g/mol. The highest BCUT2D eigenvalue weighted by atomic mass is 35.5. The predicted octanol–water partition coefficient (Wildman–Crippen LogP) is 2.84. The van der Waals surface area contributed by atoms with Crippen molar-refractivity contribution in [2.24, 2.45) is 0 Å². The van der Waals surface area contributed by atoms with E-state index in [9.17, 15) is 4.79 Å². The molecule has 0 aliphatic carbocycles. The highest BCUT2D eigenvalue weighted by Gasteiger charge is 2.52. The number of nitrogens with zero attached hydrogens (tertiary/aromatic N) is 2. The molecule has 2 atom stereocenters. The molecular weight excluding hydrogens is 272 g/mol. The van der Waals surface area contributed by atoms with Crippen molar-refractivity contribution >= 4 is 23.1 Å². The van der Waals surface area contributed by atoms with Crippen LogP contribution in [0.4, 0.5) is 5.69 Å². The molecule has 20 heavy (non-hydrogen) atoms. The van der Waals surface area contributed by atoms with Crippen molar-refractivity contribution in [2.45, 2.75) is 38.3 Å². The van der Waals surface area contributed by atoms with Gasteiger partial charge in [0, 0.05) is 25.4 Å². The number of halogens is 1. The zero-order valence-corrected chi connectivity index (χ0v) is 13.3. The lowest BCUT2D eigenvalue weighted by molar-refractivity contribution is -0.116. The second-order valence-corrected chi connectivity index (χ2v) is 6.89. The summed E-state index contributed by atoms with van der Waals surface area (Å²) < 4.78 is 0. The van der Waals surface area contributed by atoms with Crippen LogP contribution in [0.1, 0.15) is 31.4 Å². The first-order valence-corrected chi connectivity index (χ1v) is 7.48. The molecule has 3 nitrogen and oxygen atoms in total. The maximum absolute atomic E-state index is 11.4. The highest BCUT2D eigenvalue weighted by Crippen LogP contribution is 2.53. The molecule has 0 radical (unpaired) electrons. The van der Waals surface area contributed by atoms with Gasteiger partial charge in [0.15, 0.2) is 0 Å². The van der Waals surface area contributed by atoms with Crippen LogP contribution in [0.25, 0.3) is 0 Å². The zero-order valence-electron chi connectivity index (χ0n) is 12.5. The van der Waals surface area contributed by atoms with E-state index in [1.54, 1.807) is 6.92 Å². The van der Waals surface area contributed by atoms with E-state index in [2.05, 4.69) is 36.9 Å². The number of anilines is 1. The number of Topliss-reactive ketones (excluding diaryl/α,β-unsaturated/α-hetero) is 1. The quantitative estimate of drug-likeness (QED) is 0.837. The van der Waals surface area contributed by atoms with Gasteiger partial charge in [-0.1, -0.05) is 24.6 Å². The van der Waals surface area contributed by atoms with Gasteiger partial charge in [0.1, 0.15) is 5.78 Å². The van der Waals surface area contributed by atoms with Crippen molar-refractivity contribution in [1.82, 2.24) is 4.90 Å². The molecule has 0 saturated carbocycles. The van der Waals surface area contributed by atoms with Crippen molar-refractivity contribution < 1.29 is 4.79 Å². The molecule has 2 heterocycles. The molecule has 0 bridgehead atoms. The highest BCUT2D eigenvalue weighted by molar-refractivity contribution is 6.33. The Balaban J connectivity index is 2.14. The summed E-state index contributed by atoms with van der Waals surface area (Å²) in [5.74, 6) is 0.178. The summed E-state index contributed by atoms with van der Waals surface area (Å²) in [5, 5.41) is 0.769. The van der Waals surface area contributed by atoms with Gasteiger partial charge >= 0.3 is 0 Å². The number of carbonyl (C=O) groups is 1. The van der Waals surface area contributed by atoms with E-state index >= 15 is 0 Å². The van der Waals surface area contributed by atoms with Crippen LogP contribution in [0.2, 0.25) is 5.02 Å². The summed E-state index contributed by atoms with van der Waals surface area (Å²) in [5.41, 5.74) is 3.58. The predicted molar refractivity (Wildman–Crippen MR) is 82.6 cm³/mol. The largest absolute Gasteiger partial charge is 0.357 e. The molecule has 0 aromatic heterocycles. The molecule has 3 rings (SSSR count). The van der Waals surface area contributed by atoms with E-state index in [0.717, 1.165) is 29.2 Å². The van der Waals surface area contributed by atoms with Gasteiger partial charge < -0.3 is 4.90 Å². The van der Waals surface area contributed by atoms with Crippen molar-refractivity contribution in [3.63, 3.8) is 0 Å². The number of fused-ring (bicyclic) bond motifs is 3. The van der Waals surface area contributed by atoms with Crippen LogP contribution in [0.3, 0.4) is 0 Å². The Morgan fingerprint density at radius 2 is 2.15 bits per heavy atom. The SMILES string of the molecule is CC(=O)Cc1cc(Cl)c2c(c1)C1(C)CCN(C)C1N2C. The van der Waals surface area contributed by atoms with Crippen LogP contribution in [-0.2, 0) is 16.6 Å². The van der Waals surface area contributed by atoms with E-state index in [1.807, 2.05) is 6.07 Å². The fourth-order valence-electron chi connectivity index (χ4n) is 4.10. The van der Waals surface area contributed by atoms with E-state index < -0.39 is 0 Å². The number of likely N-dealkylation sites (N-methyl/N-ethyl adjacent to an activating group) is 2. The third kappa shape index (κ3) is 1.80. The lowest BCUT2D eigenvalue weighted by Gasteiger charge is -2.32. The minimum absolute atomic E-state index is 0.106. The van der Waals surface area contributed by atoms with Crippen molar-refractivity contribution in [2.75, 3.05) is 25.5 Å². The number of benzene rings is 1. The first-order chi connectivity index (χ1) is 9.34. The number of carbonyl (C=O) groups excluding carboxylic acids is 1. The molecule has 4 heteroatoms. The standard InChI is InChI=1S/C16H21ClN2O/c1-10(20)7-11-8-12-14(13(17)9-11)19(4)15-16(12,2)5-6-18(15)3/h8-9,15H,5-7H2,1-4H3. The first kappa shape index (κ1) is 13.9. The second kappa shape index (κ2) is 4.47. The molecule has 2 unspecified atom stereocenters. The molecular formula is C16H21ClN2O.